The van der Waals surface area contributed by atoms with Gasteiger partial charge in [-0.3, -0.25) is 9.79 Å². The predicted molar refractivity (Wildman–Crippen MR) is 82.1 cm³/mol. The normalized spacial score (nSPS) is 21.4. The molecule has 2 saturated carbocycles. The van der Waals surface area contributed by atoms with E-state index in [0.717, 1.165) is 0 Å². The minimum absolute atomic E-state index is 0.170. The van der Waals surface area contributed by atoms with Gasteiger partial charge in [-0.25, -0.2) is 0 Å². The van der Waals surface area contributed by atoms with Crippen LogP contribution in [0.1, 0.15) is 71.1 Å². The van der Waals surface area contributed by atoms with Crippen molar-refractivity contribution in [3.05, 3.63) is 0 Å². The maximum atomic E-state index is 11.6. The molecule has 0 unspecified atom stereocenters. The number of ether oxygens (including phenoxy) is 1. The highest BCUT2D eigenvalue weighted by Gasteiger charge is 2.27. The molecule has 0 aromatic heterocycles. The molecule has 0 spiro atoms. The lowest BCUT2D eigenvalue weighted by Crippen LogP contribution is -2.28. The zero-order chi connectivity index (χ0) is 14.2. The molecule has 0 aromatic carbocycles. The van der Waals surface area contributed by atoms with Gasteiger partial charge in [-0.05, 0) is 44.4 Å². The molecule has 0 aliphatic heterocycles. The largest absolute Gasteiger partial charge is 0.465 e. The van der Waals surface area contributed by atoms with E-state index >= 15 is 0 Å². The molecule has 0 atom stereocenters. The summed E-state index contributed by atoms with van der Waals surface area (Å²) in [5.41, 5.74) is 1.36. The van der Waals surface area contributed by atoms with Gasteiger partial charge in [0.15, 0.2) is 0 Å². The summed E-state index contributed by atoms with van der Waals surface area (Å²) in [4.78, 5) is 16.3. The molecule has 2 aliphatic rings. The summed E-state index contributed by atoms with van der Waals surface area (Å²) >= 11 is 0. The van der Waals surface area contributed by atoms with Crippen LogP contribution in [0.2, 0.25) is 0 Å². The van der Waals surface area contributed by atoms with Crippen molar-refractivity contribution in [2.45, 2.75) is 71.1 Å². The summed E-state index contributed by atoms with van der Waals surface area (Å²) in [6.45, 7) is 2.54. The zero-order valence-electron chi connectivity index (χ0n) is 12.9. The number of aliphatic imine (C=N–C) groups is 1. The van der Waals surface area contributed by atoms with Crippen LogP contribution in [-0.2, 0) is 9.53 Å². The van der Waals surface area contributed by atoms with Crippen molar-refractivity contribution >= 4 is 11.7 Å². The molecule has 2 rings (SSSR count). The lowest BCUT2D eigenvalue weighted by atomic mass is 9.76. The molecule has 0 saturated heterocycles. The van der Waals surface area contributed by atoms with Crippen LogP contribution in [0.15, 0.2) is 4.99 Å². The van der Waals surface area contributed by atoms with Crippen molar-refractivity contribution in [2.24, 2.45) is 16.8 Å². The molecule has 0 amide bonds. The van der Waals surface area contributed by atoms with Gasteiger partial charge in [0.1, 0.15) is 6.54 Å². The Bertz CT molecular complexity index is 306. The minimum Gasteiger partial charge on any atom is -0.465 e. The molecule has 2 aliphatic carbocycles. The van der Waals surface area contributed by atoms with Gasteiger partial charge in [0.25, 0.3) is 0 Å². The number of hydrogen-bond donors (Lipinski definition) is 0. The van der Waals surface area contributed by atoms with E-state index in [1.165, 1.54) is 69.9 Å². The Morgan fingerprint density at radius 1 is 0.950 bits per heavy atom. The van der Waals surface area contributed by atoms with E-state index in [2.05, 4.69) is 0 Å². The highest BCUT2D eigenvalue weighted by Crippen LogP contribution is 2.33. The standard InChI is InChI=1S/C17H29NO2/c1-2-20-16(19)13-18-17(14-9-5-3-6-10-14)15-11-7-4-8-12-15/h14-15H,2-13H2,1H3. The minimum atomic E-state index is -0.170. The lowest BCUT2D eigenvalue weighted by Gasteiger charge is -2.31. The third-order valence-electron chi connectivity index (χ3n) is 4.74. The van der Waals surface area contributed by atoms with Gasteiger partial charge >= 0.3 is 5.97 Å². The van der Waals surface area contributed by atoms with E-state index in [0.29, 0.717) is 18.4 Å². The fourth-order valence-electron chi connectivity index (χ4n) is 3.75. The number of nitrogens with zero attached hydrogens (tertiary/aromatic N) is 1. The summed E-state index contributed by atoms with van der Waals surface area (Å²) in [5, 5.41) is 0. The second-order valence-electron chi connectivity index (χ2n) is 6.22. The Kier molecular flexibility index (Phi) is 6.55. The van der Waals surface area contributed by atoms with Crippen molar-refractivity contribution in [2.75, 3.05) is 13.2 Å². The van der Waals surface area contributed by atoms with Gasteiger partial charge in [-0.15, -0.1) is 0 Å². The first-order chi connectivity index (χ1) is 9.81. The molecule has 114 valence electrons. The first-order valence-electron chi connectivity index (χ1n) is 8.51. The maximum Gasteiger partial charge on any atom is 0.327 e. The number of rotatable bonds is 5. The molecule has 0 N–H and O–H groups in total. The molecule has 0 heterocycles. The van der Waals surface area contributed by atoms with Gasteiger partial charge < -0.3 is 4.74 Å². The lowest BCUT2D eigenvalue weighted by molar-refractivity contribution is -0.141. The monoisotopic (exact) mass is 279 g/mol. The van der Waals surface area contributed by atoms with Crippen LogP contribution in [-0.4, -0.2) is 24.8 Å². The number of carbonyl (C=O) groups is 1. The second kappa shape index (κ2) is 8.43. The third kappa shape index (κ3) is 4.60. The molecular formula is C17H29NO2. The van der Waals surface area contributed by atoms with Crippen molar-refractivity contribution in [3.8, 4) is 0 Å². The van der Waals surface area contributed by atoms with Crippen molar-refractivity contribution in [1.82, 2.24) is 0 Å². The Balaban J connectivity index is 2.01. The van der Waals surface area contributed by atoms with Gasteiger partial charge in [0, 0.05) is 5.71 Å². The van der Waals surface area contributed by atoms with Crippen LogP contribution in [0.4, 0.5) is 0 Å². The quantitative estimate of drug-likeness (QED) is 0.560. The molecule has 20 heavy (non-hydrogen) atoms. The summed E-state index contributed by atoms with van der Waals surface area (Å²) in [5.74, 6) is 1.11. The Hall–Kier alpha value is -0.860. The summed E-state index contributed by atoms with van der Waals surface area (Å²) in [6.07, 6.45) is 13.2. The van der Waals surface area contributed by atoms with Crippen LogP contribution in [0.5, 0.6) is 0 Å². The van der Waals surface area contributed by atoms with E-state index < -0.39 is 0 Å². The second-order valence-corrected chi connectivity index (χ2v) is 6.22. The van der Waals surface area contributed by atoms with E-state index in [-0.39, 0.29) is 12.5 Å². The van der Waals surface area contributed by atoms with E-state index in [1.54, 1.807) is 0 Å². The van der Waals surface area contributed by atoms with Gasteiger partial charge in [-0.2, -0.15) is 0 Å². The Morgan fingerprint density at radius 3 is 1.90 bits per heavy atom. The summed E-state index contributed by atoms with van der Waals surface area (Å²) in [6, 6.07) is 0. The molecule has 0 aromatic rings. The fourth-order valence-corrected chi connectivity index (χ4v) is 3.75. The molecule has 2 fully saturated rings. The molecular weight excluding hydrogens is 250 g/mol. The number of esters is 1. The van der Waals surface area contributed by atoms with Crippen molar-refractivity contribution in [1.29, 1.82) is 0 Å². The van der Waals surface area contributed by atoms with Crippen molar-refractivity contribution in [3.63, 3.8) is 0 Å². The maximum absolute atomic E-state index is 11.6. The first kappa shape index (κ1) is 15.5. The summed E-state index contributed by atoms with van der Waals surface area (Å²) in [7, 11) is 0. The van der Waals surface area contributed by atoms with Crippen LogP contribution >= 0.6 is 0 Å². The number of carbonyl (C=O) groups excluding carboxylic acids is 1. The fraction of sp³-hybridized carbons (Fsp3) is 0.882. The van der Waals surface area contributed by atoms with Gasteiger partial charge in [-0.1, -0.05) is 38.5 Å². The highest BCUT2D eigenvalue weighted by molar-refractivity contribution is 5.90. The van der Waals surface area contributed by atoms with Crippen LogP contribution in [0, 0.1) is 11.8 Å². The predicted octanol–water partition coefficient (Wildman–Crippen LogP) is 4.15. The first-order valence-corrected chi connectivity index (χ1v) is 8.51. The Morgan fingerprint density at radius 2 is 1.45 bits per heavy atom. The average molecular weight is 279 g/mol. The zero-order valence-corrected chi connectivity index (χ0v) is 12.9. The topological polar surface area (TPSA) is 38.7 Å². The summed E-state index contributed by atoms with van der Waals surface area (Å²) < 4.78 is 5.02. The Labute approximate surface area is 123 Å². The SMILES string of the molecule is CCOC(=O)CN=C(C1CCCCC1)C1CCCCC1. The molecule has 0 bridgehead atoms. The van der Waals surface area contributed by atoms with E-state index in [1.807, 2.05) is 6.92 Å². The van der Waals surface area contributed by atoms with Crippen LogP contribution in [0.3, 0.4) is 0 Å². The van der Waals surface area contributed by atoms with Crippen LogP contribution < -0.4 is 0 Å². The number of hydrogen-bond acceptors (Lipinski definition) is 3. The third-order valence-corrected chi connectivity index (χ3v) is 4.74. The smallest absolute Gasteiger partial charge is 0.327 e. The van der Waals surface area contributed by atoms with Gasteiger partial charge in [0.05, 0.1) is 6.61 Å². The van der Waals surface area contributed by atoms with E-state index in [4.69, 9.17) is 9.73 Å². The van der Waals surface area contributed by atoms with Crippen molar-refractivity contribution < 1.29 is 9.53 Å². The average Bonchev–Trinajstić information content (AvgIpc) is 2.50. The molecule has 3 heteroatoms. The van der Waals surface area contributed by atoms with E-state index in [9.17, 15) is 4.79 Å². The molecule has 3 nitrogen and oxygen atoms in total. The molecule has 0 radical (unpaired) electrons. The van der Waals surface area contributed by atoms with Crippen LogP contribution in [0.25, 0.3) is 0 Å². The van der Waals surface area contributed by atoms with Gasteiger partial charge in [0.2, 0.25) is 0 Å². The highest BCUT2D eigenvalue weighted by atomic mass is 16.5.